The van der Waals surface area contributed by atoms with Crippen molar-refractivity contribution in [3.8, 4) is 0 Å². The van der Waals surface area contributed by atoms with Crippen LogP contribution in [0.2, 0.25) is 0 Å². The third kappa shape index (κ3) is 7.15. The molecule has 3 saturated heterocycles. The first kappa shape index (κ1) is 26.8. The summed E-state index contributed by atoms with van der Waals surface area (Å²) in [6.45, 7) is 2.49. The lowest BCUT2D eigenvalue weighted by Gasteiger charge is -2.32. The van der Waals surface area contributed by atoms with Gasteiger partial charge in [-0.15, -0.1) is 0 Å². The van der Waals surface area contributed by atoms with Gasteiger partial charge in [-0.2, -0.15) is 0 Å². The Labute approximate surface area is 216 Å². The zero-order valence-corrected chi connectivity index (χ0v) is 21.2. The van der Waals surface area contributed by atoms with E-state index in [0.29, 0.717) is 51.7 Å². The van der Waals surface area contributed by atoms with E-state index in [4.69, 9.17) is 4.74 Å². The van der Waals surface area contributed by atoms with E-state index in [1.807, 2.05) is 30.3 Å². The SMILES string of the molecule is C[C@@H]1NC(=O)[C@H](CCCCCC(=O)[C@@H]2CO2)NC(=O)[C@H]2CCCN2C(=O)[C@H](Cc2ccccc2)NC1=O. The first-order valence-electron chi connectivity index (χ1n) is 13.2. The molecule has 4 amide bonds. The molecule has 0 spiro atoms. The largest absolute Gasteiger partial charge is 0.365 e. The van der Waals surface area contributed by atoms with Gasteiger partial charge in [0.05, 0.1) is 6.61 Å². The Bertz CT molecular complexity index is 1010. The van der Waals surface area contributed by atoms with Gasteiger partial charge in [0.2, 0.25) is 23.6 Å². The van der Waals surface area contributed by atoms with E-state index in [9.17, 15) is 24.0 Å². The molecule has 3 aliphatic heterocycles. The number of Topliss-reactive ketones (excluding diaryl/α,β-unsaturated/α-hetero) is 1. The second kappa shape index (κ2) is 12.3. The Morgan fingerprint density at radius 3 is 2.41 bits per heavy atom. The molecule has 3 N–H and O–H groups in total. The zero-order chi connectivity index (χ0) is 26.4. The topological polar surface area (TPSA) is 137 Å². The van der Waals surface area contributed by atoms with Crippen molar-refractivity contribution in [1.82, 2.24) is 20.9 Å². The molecule has 4 rings (SSSR count). The third-order valence-electron chi connectivity index (χ3n) is 7.23. The van der Waals surface area contributed by atoms with E-state index in [-0.39, 0.29) is 30.1 Å². The number of epoxide rings is 1. The number of hydrogen-bond acceptors (Lipinski definition) is 6. The number of benzene rings is 1. The van der Waals surface area contributed by atoms with Crippen molar-refractivity contribution in [2.24, 2.45) is 0 Å². The smallest absolute Gasteiger partial charge is 0.246 e. The lowest BCUT2D eigenvalue weighted by Crippen LogP contribution is -2.61. The monoisotopic (exact) mass is 512 g/mol. The quantitative estimate of drug-likeness (QED) is 0.328. The van der Waals surface area contributed by atoms with Gasteiger partial charge in [0.1, 0.15) is 30.3 Å². The Morgan fingerprint density at radius 2 is 1.68 bits per heavy atom. The summed E-state index contributed by atoms with van der Waals surface area (Å²) < 4.78 is 5.00. The Balaban J connectivity index is 1.44. The predicted molar refractivity (Wildman–Crippen MR) is 134 cm³/mol. The number of carbonyl (C=O) groups is 5. The fraction of sp³-hybridized carbons (Fsp3) is 0.593. The number of nitrogens with zero attached hydrogens (tertiary/aromatic N) is 1. The number of rotatable bonds is 9. The summed E-state index contributed by atoms with van der Waals surface area (Å²) in [5, 5.41) is 8.35. The van der Waals surface area contributed by atoms with Crippen LogP contribution in [0.4, 0.5) is 0 Å². The average molecular weight is 513 g/mol. The first-order valence-corrected chi connectivity index (χ1v) is 13.2. The van der Waals surface area contributed by atoms with Crippen LogP contribution in [-0.2, 0) is 35.1 Å². The van der Waals surface area contributed by atoms with Crippen LogP contribution in [-0.4, -0.2) is 77.7 Å². The summed E-state index contributed by atoms with van der Waals surface area (Å²) in [6.07, 6.45) is 4.07. The van der Waals surface area contributed by atoms with Crippen LogP contribution in [0.3, 0.4) is 0 Å². The molecule has 37 heavy (non-hydrogen) atoms. The number of fused-ring (bicyclic) bond motifs is 1. The highest BCUT2D eigenvalue weighted by atomic mass is 16.6. The minimum atomic E-state index is -0.886. The maximum absolute atomic E-state index is 13.5. The molecule has 0 aromatic heterocycles. The second-order valence-corrected chi connectivity index (χ2v) is 10.1. The summed E-state index contributed by atoms with van der Waals surface area (Å²) in [5.74, 6) is -1.44. The second-order valence-electron chi connectivity index (χ2n) is 10.1. The molecule has 3 aliphatic rings. The molecule has 5 atom stereocenters. The van der Waals surface area contributed by atoms with E-state index in [1.54, 1.807) is 6.92 Å². The molecule has 1 aromatic rings. The fourth-order valence-corrected chi connectivity index (χ4v) is 4.99. The van der Waals surface area contributed by atoms with Gasteiger partial charge in [0, 0.05) is 19.4 Å². The van der Waals surface area contributed by atoms with Gasteiger partial charge in [0.15, 0.2) is 5.78 Å². The normalized spacial score (nSPS) is 28.4. The van der Waals surface area contributed by atoms with Crippen molar-refractivity contribution in [3.63, 3.8) is 0 Å². The summed E-state index contributed by atoms with van der Waals surface area (Å²) >= 11 is 0. The lowest BCUT2D eigenvalue weighted by molar-refractivity contribution is -0.143. The molecule has 10 nitrogen and oxygen atoms in total. The van der Waals surface area contributed by atoms with Crippen LogP contribution in [0.5, 0.6) is 0 Å². The number of hydrogen-bond donors (Lipinski definition) is 3. The number of ether oxygens (including phenoxy) is 1. The van der Waals surface area contributed by atoms with E-state index < -0.39 is 36.0 Å². The molecule has 200 valence electrons. The molecule has 1 aromatic carbocycles. The van der Waals surface area contributed by atoms with Crippen molar-refractivity contribution < 1.29 is 28.7 Å². The summed E-state index contributed by atoms with van der Waals surface area (Å²) in [6, 6.07) is 6.13. The van der Waals surface area contributed by atoms with Crippen LogP contribution in [0.15, 0.2) is 30.3 Å². The van der Waals surface area contributed by atoms with E-state index in [1.165, 1.54) is 4.90 Å². The number of amides is 4. The van der Waals surface area contributed by atoms with Crippen LogP contribution in [0.1, 0.15) is 57.4 Å². The van der Waals surface area contributed by atoms with E-state index in [2.05, 4.69) is 16.0 Å². The standard InChI is InChI=1S/C27H36N4O6/c1-17-24(33)30-20(15-18-9-4-2-5-10-18)27(36)31-14-8-12-21(31)26(35)29-19(25(34)28-17)11-6-3-7-13-22(32)23-16-37-23/h2,4-5,9-10,17,19-21,23H,3,6-8,11-16H2,1H3,(H,28,34)(H,29,35)(H,30,33)/t17-,19-,20-,21+,23-/m0/s1. The van der Waals surface area contributed by atoms with E-state index >= 15 is 0 Å². The molecule has 0 unspecified atom stereocenters. The molecule has 0 aliphatic carbocycles. The number of ketones is 1. The van der Waals surface area contributed by atoms with Gasteiger partial charge < -0.3 is 25.6 Å². The van der Waals surface area contributed by atoms with Gasteiger partial charge >= 0.3 is 0 Å². The van der Waals surface area contributed by atoms with Gasteiger partial charge in [0.25, 0.3) is 0 Å². The lowest BCUT2D eigenvalue weighted by atomic mass is 10.0. The molecular formula is C27H36N4O6. The molecule has 3 fully saturated rings. The Morgan fingerprint density at radius 1 is 0.946 bits per heavy atom. The maximum Gasteiger partial charge on any atom is 0.246 e. The summed E-state index contributed by atoms with van der Waals surface area (Å²) in [7, 11) is 0. The first-order chi connectivity index (χ1) is 17.8. The van der Waals surface area contributed by atoms with Gasteiger partial charge in [-0.25, -0.2) is 0 Å². The highest BCUT2D eigenvalue weighted by molar-refractivity contribution is 5.97. The Kier molecular flexibility index (Phi) is 8.91. The third-order valence-corrected chi connectivity index (χ3v) is 7.23. The summed E-state index contributed by atoms with van der Waals surface area (Å²) in [5.41, 5.74) is 0.886. The van der Waals surface area contributed by atoms with Crippen LogP contribution in [0.25, 0.3) is 0 Å². The minimum Gasteiger partial charge on any atom is -0.365 e. The highest BCUT2D eigenvalue weighted by Crippen LogP contribution is 2.21. The van der Waals surface area contributed by atoms with Gasteiger partial charge in [-0.1, -0.05) is 43.2 Å². The van der Waals surface area contributed by atoms with Crippen LogP contribution in [0, 0.1) is 0 Å². The average Bonchev–Trinajstić information content (AvgIpc) is 3.63. The number of carbonyl (C=O) groups excluding carboxylic acids is 5. The predicted octanol–water partition coefficient (Wildman–Crippen LogP) is 0.626. The molecule has 10 heteroatoms. The van der Waals surface area contributed by atoms with Crippen molar-refractivity contribution in [3.05, 3.63) is 35.9 Å². The number of nitrogens with one attached hydrogen (secondary N) is 3. The van der Waals surface area contributed by atoms with Gasteiger partial charge in [-0.05, 0) is 38.2 Å². The summed E-state index contributed by atoms with van der Waals surface area (Å²) in [4.78, 5) is 66.2. The minimum absolute atomic E-state index is 0.105. The molecular weight excluding hydrogens is 476 g/mol. The number of unbranched alkanes of at least 4 members (excludes halogenated alkanes) is 2. The van der Waals surface area contributed by atoms with Crippen LogP contribution >= 0.6 is 0 Å². The van der Waals surface area contributed by atoms with Crippen molar-refractivity contribution >= 4 is 29.4 Å². The van der Waals surface area contributed by atoms with Crippen LogP contribution < -0.4 is 16.0 Å². The molecule has 3 heterocycles. The van der Waals surface area contributed by atoms with Gasteiger partial charge in [-0.3, -0.25) is 24.0 Å². The van der Waals surface area contributed by atoms with Crippen molar-refractivity contribution in [2.45, 2.75) is 88.6 Å². The molecule has 0 radical (unpaired) electrons. The zero-order valence-electron chi connectivity index (χ0n) is 21.2. The Hall–Kier alpha value is -3.27. The van der Waals surface area contributed by atoms with E-state index in [0.717, 1.165) is 12.0 Å². The maximum atomic E-state index is 13.5. The molecule has 0 saturated carbocycles. The van der Waals surface area contributed by atoms with Crippen molar-refractivity contribution in [2.75, 3.05) is 13.2 Å². The fourth-order valence-electron chi connectivity index (χ4n) is 4.99. The highest BCUT2D eigenvalue weighted by Gasteiger charge is 2.40. The molecule has 0 bridgehead atoms. The van der Waals surface area contributed by atoms with Crippen molar-refractivity contribution in [1.29, 1.82) is 0 Å².